The number of nitrogens with zero attached hydrogens (tertiary/aromatic N) is 1. The van der Waals surface area contributed by atoms with E-state index < -0.39 is 0 Å². The van der Waals surface area contributed by atoms with E-state index in [2.05, 4.69) is 12.1 Å². The van der Waals surface area contributed by atoms with Gasteiger partial charge in [-0.2, -0.15) is 5.26 Å². The minimum absolute atomic E-state index is 0.386. The summed E-state index contributed by atoms with van der Waals surface area (Å²) in [4.78, 5) is 0. The van der Waals surface area contributed by atoms with Gasteiger partial charge in [-0.05, 0) is 30.5 Å². The van der Waals surface area contributed by atoms with Gasteiger partial charge in [0, 0.05) is 5.56 Å². The topological polar surface area (TPSA) is 33.0 Å². The molecule has 0 N–H and O–H groups in total. The molecule has 0 saturated heterocycles. The quantitative estimate of drug-likeness (QED) is 0.832. The number of benzene rings is 2. The van der Waals surface area contributed by atoms with Gasteiger partial charge in [0.2, 0.25) is 0 Å². The first kappa shape index (κ1) is 11.8. The van der Waals surface area contributed by atoms with Crippen molar-refractivity contribution in [3.63, 3.8) is 0 Å². The average molecular weight is 249 g/mol. The molecule has 2 nitrogen and oxygen atoms in total. The fourth-order valence-corrected chi connectivity index (χ4v) is 2.66. The lowest BCUT2D eigenvalue weighted by atomic mass is 9.66. The SMILES string of the molecule is CC1(C#N)Cc2cccc(OCc3ccccc3)c21. The molecule has 2 aromatic carbocycles. The Bertz CT molecular complexity index is 642. The van der Waals surface area contributed by atoms with Crippen LogP contribution in [0.1, 0.15) is 23.6 Å². The number of hydrogen-bond acceptors (Lipinski definition) is 2. The Labute approximate surface area is 113 Å². The molecule has 1 aliphatic rings. The van der Waals surface area contributed by atoms with Crippen molar-refractivity contribution < 1.29 is 4.74 Å². The molecule has 0 bridgehead atoms. The van der Waals surface area contributed by atoms with Crippen LogP contribution in [0.4, 0.5) is 0 Å². The van der Waals surface area contributed by atoms with Gasteiger partial charge in [0.25, 0.3) is 0 Å². The molecular formula is C17H15NO. The molecule has 0 radical (unpaired) electrons. The molecule has 1 atom stereocenters. The highest BCUT2D eigenvalue weighted by atomic mass is 16.5. The Hall–Kier alpha value is -2.27. The Morgan fingerprint density at radius 1 is 1.16 bits per heavy atom. The van der Waals surface area contributed by atoms with Crippen LogP contribution in [0.2, 0.25) is 0 Å². The van der Waals surface area contributed by atoms with Crippen LogP contribution in [0.3, 0.4) is 0 Å². The van der Waals surface area contributed by atoms with Crippen molar-refractivity contribution >= 4 is 0 Å². The second kappa shape index (κ2) is 4.44. The number of fused-ring (bicyclic) bond motifs is 1. The molecule has 0 aliphatic heterocycles. The zero-order valence-corrected chi connectivity index (χ0v) is 10.9. The van der Waals surface area contributed by atoms with Crippen LogP contribution in [0.25, 0.3) is 0 Å². The molecular weight excluding hydrogens is 234 g/mol. The van der Waals surface area contributed by atoms with Crippen LogP contribution in [0.5, 0.6) is 5.75 Å². The highest BCUT2D eigenvalue weighted by molar-refractivity contribution is 5.56. The van der Waals surface area contributed by atoms with E-state index in [0.717, 1.165) is 23.3 Å². The third-order valence-electron chi connectivity index (χ3n) is 3.69. The fourth-order valence-electron chi connectivity index (χ4n) is 2.66. The van der Waals surface area contributed by atoms with Crippen molar-refractivity contribution in [1.82, 2.24) is 0 Å². The van der Waals surface area contributed by atoms with Gasteiger partial charge in [0.1, 0.15) is 12.4 Å². The van der Waals surface area contributed by atoms with Crippen LogP contribution in [-0.4, -0.2) is 0 Å². The maximum atomic E-state index is 9.30. The number of nitriles is 1. The molecule has 0 spiro atoms. The molecule has 1 unspecified atom stereocenters. The summed E-state index contributed by atoms with van der Waals surface area (Å²) >= 11 is 0. The maximum Gasteiger partial charge on any atom is 0.124 e. The van der Waals surface area contributed by atoms with E-state index >= 15 is 0 Å². The van der Waals surface area contributed by atoms with Crippen LogP contribution < -0.4 is 4.74 Å². The highest BCUT2D eigenvalue weighted by Crippen LogP contribution is 2.45. The lowest BCUT2D eigenvalue weighted by Crippen LogP contribution is -2.34. The molecule has 0 fully saturated rings. The first-order valence-electron chi connectivity index (χ1n) is 6.43. The summed E-state index contributed by atoms with van der Waals surface area (Å²) < 4.78 is 5.90. The van der Waals surface area contributed by atoms with E-state index in [1.54, 1.807) is 0 Å². The molecule has 94 valence electrons. The van der Waals surface area contributed by atoms with Gasteiger partial charge in [-0.25, -0.2) is 0 Å². The van der Waals surface area contributed by atoms with Crippen molar-refractivity contribution in [2.24, 2.45) is 0 Å². The number of hydrogen-bond donors (Lipinski definition) is 0. The highest BCUT2D eigenvalue weighted by Gasteiger charge is 2.41. The normalized spacial score (nSPS) is 20.0. The van der Waals surface area contributed by atoms with E-state index in [-0.39, 0.29) is 5.41 Å². The van der Waals surface area contributed by atoms with Crippen molar-refractivity contribution in [3.8, 4) is 11.8 Å². The van der Waals surface area contributed by atoms with Crippen molar-refractivity contribution in [2.45, 2.75) is 25.4 Å². The van der Waals surface area contributed by atoms with E-state index in [4.69, 9.17) is 4.74 Å². The summed E-state index contributed by atoms with van der Waals surface area (Å²) in [5, 5.41) is 9.30. The second-order valence-corrected chi connectivity index (χ2v) is 5.19. The average Bonchev–Trinajstić information content (AvgIpc) is 2.44. The third kappa shape index (κ3) is 1.98. The van der Waals surface area contributed by atoms with E-state index in [1.807, 2.05) is 49.4 Å². The molecule has 2 heteroatoms. The molecule has 0 heterocycles. The minimum atomic E-state index is -0.386. The van der Waals surface area contributed by atoms with Crippen molar-refractivity contribution in [1.29, 1.82) is 5.26 Å². The first-order valence-corrected chi connectivity index (χ1v) is 6.43. The van der Waals surface area contributed by atoms with E-state index in [9.17, 15) is 5.26 Å². The van der Waals surface area contributed by atoms with Crippen LogP contribution in [0.15, 0.2) is 48.5 Å². The van der Waals surface area contributed by atoms with Gasteiger partial charge in [-0.1, -0.05) is 42.5 Å². The number of ether oxygens (including phenoxy) is 1. The predicted octanol–water partition coefficient (Wildman–Crippen LogP) is 3.60. The zero-order valence-electron chi connectivity index (χ0n) is 10.9. The van der Waals surface area contributed by atoms with Crippen LogP contribution in [0, 0.1) is 11.3 Å². The Kier molecular flexibility index (Phi) is 2.76. The zero-order chi connectivity index (χ0) is 13.3. The Morgan fingerprint density at radius 3 is 2.68 bits per heavy atom. The lowest BCUT2D eigenvalue weighted by Gasteiger charge is -2.36. The van der Waals surface area contributed by atoms with Gasteiger partial charge in [0.15, 0.2) is 0 Å². The molecule has 0 saturated carbocycles. The maximum absolute atomic E-state index is 9.30. The lowest BCUT2D eigenvalue weighted by molar-refractivity contribution is 0.293. The standard InChI is InChI=1S/C17H15NO/c1-17(12-18)10-14-8-5-9-15(16(14)17)19-11-13-6-3-2-4-7-13/h2-9H,10-11H2,1H3. The first-order chi connectivity index (χ1) is 9.23. The van der Waals surface area contributed by atoms with Crippen LogP contribution in [-0.2, 0) is 18.4 Å². The summed E-state index contributed by atoms with van der Waals surface area (Å²) in [6, 6.07) is 18.5. The van der Waals surface area contributed by atoms with Crippen LogP contribution >= 0.6 is 0 Å². The Balaban J connectivity index is 1.84. The monoisotopic (exact) mass is 249 g/mol. The summed E-state index contributed by atoms with van der Waals surface area (Å²) in [5.41, 5.74) is 3.05. The van der Waals surface area contributed by atoms with Crippen molar-refractivity contribution in [2.75, 3.05) is 0 Å². The molecule has 0 aromatic heterocycles. The molecule has 0 amide bonds. The fraction of sp³-hybridized carbons (Fsp3) is 0.235. The largest absolute Gasteiger partial charge is 0.489 e. The van der Waals surface area contributed by atoms with Gasteiger partial charge in [-0.3, -0.25) is 0 Å². The van der Waals surface area contributed by atoms with Gasteiger partial charge < -0.3 is 4.74 Å². The molecule has 1 aliphatic carbocycles. The van der Waals surface area contributed by atoms with Gasteiger partial charge >= 0.3 is 0 Å². The molecule has 19 heavy (non-hydrogen) atoms. The van der Waals surface area contributed by atoms with Gasteiger partial charge in [0.05, 0.1) is 11.5 Å². The van der Waals surface area contributed by atoms with E-state index in [0.29, 0.717) is 6.61 Å². The third-order valence-corrected chi connectivity index (χ3v) is 3.69. The Morgan fingerprint density at radius 2 is 1.95 bits per heavy atom. The predicted molar refractivity (Wildman–Crippen MR) is 73.9 cm³/mol. The van der Waals surface area contributed by atoms with E-state index in [1.165, 1.54) is 5.56 Å². The van der Waals surface area contributed by atoms with Crippen molar-refractivity contribution in [3.05, 3.63) is 65.2 Å². The second-order valence-electron chi connectivity index (χ2n) is 5.19. The number of rotatable bonds is 3. The summed E-state index contributed by atoms with van der Waals surface area (Å²) in [6.45, 7) is 2.52. The summed E-state index contributed by atoms with van der Waals surface area (Å²) in [6.07, 6.45) is 0.821. The minimum Gasteiger partial charge on any atom is -0.489 e. The smallest absolute Gasteiger partial charge is 0.124 e. The summed E-state index contributed by atoms with van der Waals surface area (Å²) in [7, 11) is 0. The van der Waals surface area contributed by atoms with Gasteiger partial charge in [-0.15, -0.1) is 0 Å². The molecule has 2 aromatic rings. The molecule has 3 rings (SSSR count). The summed E-state index contributed by atoms with van der Waals surface area (Å²) in [5.74, 6) is 0.844.